The Morgan fingerprint density at radius 2 is 2.00 bits per heavy atom. The number of carbonyl (C=O) groups excluding carboxylic acids is 2. The second-order valence-electron chi connectivity index (χ2n) is 3.78. The molecule has 0 atom stereocenters. The van der Waals surface area contributed by atoms with Crippen molar-refractivity contribution >= 4 is 17.6 Å². The lowest BCUT2D eigenvalue weighted by molar-refractivity contribution is -0.160. The lowest BCUT2D eigenvalue weighted by atomic mass is 10.2. The molecule has 88 valence electrons. The van der Waals surface area contributed by atoms with Crippen LogP contribution in [0.15, 0.2) is 5.16 Å². The Labute approximate surface area is 92.8 Å². The number of nitrogens with two attached hydrogens (primary N) is 1. The SMILES string of the molecule is CC(C)(C)OC(=O)CON=C(C#N)C(N)=O. The smallest absolute Gasteiger partial charge is 0.347 e. The Kier molecular flexibility index (Phi) is 4.95. The molecule has 0 unspecified atom stereocenters. The van der Waals surface area contributed by atoms with E-state index < -0.39 is 29.8 Å². The van der Waals surface area contributed by atoms with Crippen LogP contribution in [-0.2, 0) is 19.2 Å². The Bertz CT molecular complexity index is 349. The van der Waals surface area contributed by atoms with E-state index in [1.54, 1.807) is 20.8 Å². The van der Waals surface area contributed by atoms with E-state index in [2.05, 4.69) is 9.99 Å². The molecule has 2 N–H and O–H groups in total. The summed E-state index contributed by atoms with van der Waals surface area (Å²) < 4.78 is 4.88. The lowest BCUT2D eigenvalue weighted by Crippen LogP contribution is -2.26. The van der Waals surface area contributed by atoms with Gasteiger partial charge in [-0.05, 0) is 20.8 Å². The first-order valence-corrected chi connectivity index (χ1v) is 4.38. The summed E-state index contributed by atoms with van der Waals surface area (Å²) in [6.45, 7) is 4.59. The topological polar surface area (TPSA) is 115 Å². The highest BCUT2D eigenvalue weighted by atomic mass is 16.7. The van der Waals surface area contributed by atoms with Crippen LogP contribution >= 0.6 is 0 Å². The lowest BCUT2D eigenvalue weighted by Gasteiger charge is -2.18. The van der Waals surface area contributed by atoms with Crippen LogP contribution in [0.25, 0.3) is 0 Å². The minimum absolute atomic E-state index is 0.490. The zero-order valence-electron chi connectivity index (χ0n) is 9.31. The fourth-order valence-electron chi connectivity index (χ4n) is 0.641. The molecule has 7 nitrogen and oxygen atoms in total. The molecule has 0 aliphatic carbocycles. The first kappa shape index (κ1) is 13.9. The summed E-state index contributed by atoms with van der Waals surface area (Å²) in [5.41, 5.74) is 3.54. The van der Waals surface area contributed by atoms with Gasteiger partial charge in [-0.3, -0.25) is 4.79 Å². The van der Waals surface area contributed by atoms with Gasteiger partial charge in [0, 0.05) is 0 Å². The molecular weight excluding hydrogens is 214 g/mol. The van der Waals surface area contributed by atoms with E-state index in [0.29, 0.717) is 0 Å². The van der Waals surface area contributed by atoms with E-state index in [1.165, 1.54) is 6.07 Å². The van der Waals surface area contributed by atoms with Crippen molar-refractivity contribution in [2.24, 2.45) is 10.9 Å². The van der Waals surface area contributed by atoms with Gasteiger partial charge in [0.25, 0.3) is 5.91 Å². The third kappa shape index (κ3) is 6.37. The Hall–Kier alpha value is -2.10. The predicted molar refractivity (Wildman–Crippen MR) is 54.0 cm³/mol. The number of ether oxygens (including phenoxy) is 1. The van der Waals surface area contributed by atoms with Gasteiger partial charge in [-0.1, -0.05) is 5.16 Å². The van der Waals surface area contributed by atoms with Gasteiger partial charge < -0.3 is 15.3 Å². The van der Waals surface area contributed by atoms with Crippen molar-refractivity contribution in [3.05, 3.63) is 0 Å². The summed E-state index contributed by atoms with van der Waals surface area (Å²) in [5, 5.41) is 11.5. The van der Waals surface area contributed by atoms with Gasteiger partial charge in [0.05, 0.1) is 0 Å². The highest BCUT2D eigenvalue weighted by Gasteiger charge is 2.16. The molecule has 1 amide bonds. The maximum Gasteiger partial charge on any atom is 0.347 e. The van der Waals surface area contributed by atoms with Crippen molar-refractivity contribution < 1.29 is 19.2 Å². The van der Waals surface area contributed by atoms with Crippen LogP contribution in [0.1, 0.15) is 20.8 Å². The van der Waals surface area contributed by atoms with Gasteiger partial charge in [0.15, 0.2) is 0 Å². The standard InChI is InChI=1S/C9H13N3O4/c1-9(2,3)16-7(13)5-15-12-6(4-10)8(11)14/h5H2,1-3H3,(H2,11,14). The molecule has 7 heteroatoms. The molecule has 0 aliphatic heterocycles. The molecule has 0 saturated carbocycles. The van der Waals surface area contributed by atoms with E-state index in [0.717, 1.165) is 0 Å². The number of primary amides is 1. The van der Waals surface area contributed by atoms with Gasteiger partial charge in [-0.15, -0.1) is 0 Å². The van der Waals surface area contributed by atoms with Gasteiger partial charge in [0.1, 0.15) is 11.7 Å². The van der Waals surface area contributed by atoms with Gasteiger partial charge in [-0.2, -0.15) is 5.26 Å². The van der Waals surface area contributed by atoms with Gasteiger partial charge >= 0.3 is 5.97 Å². The number of oxime groups is 1. The fraction of sp³-hybridized carbons (Fsp3) is 0.556. The zero-order valence-corrected chi connectivity index (χ0v) is 9.31. The zero-order chi connectivity index (χ0) is 12.8. The maximum absolute atomic E-state index is 11.1. The number of amides is 1. The number of nitriles is 1. The molecule has 0 heterocycles. The Morgan fingerprint density at radius 1 is 1.44 bits per heavy atom. The molecule has 0 aliphatic rings. The molecule has 0 aromatic heterocycles. The van der Waals surface area contributed by atoms with Crippen molar-refractivity contribution in [3.63, 3.8) is 0 Å². The largest absolute Gasteiger partial charge is 0.457 e. The summed E-state index contributed by atoms with van der Waals surface area (Å²) in [4.78, 5) is 26.0. The van der Waals surface area contributed by atoms with Crippen LogP contribution in [-0.4, -0.2) is 29.8 Å². The molecule has 16 heavy (non-hydrogen) atoms. The Balaban J connectivity index is 4.14. The Morgan fingerprint density at radius 3 is 2.38 bits per heavy atom. The van der Waals surface area contributed by atoms with E-state index in [-0.39, 0.29) is 0 Å². The quantitative estimate of drug-likeness (QED) is 0.402. The number of esters is 1. The molecule has 0 saturated heterocycles. The van der Waals surface area contributed by atoms with Crippen molar-refractivity contribution in [1.29, 1.82) is 5.26 Å². The highest BCUT2D eigenvalue weighted by molar-refractivity contribution is 6.44. The highest BCUT2D eigenvalue weighted by Crippen LogP contribution is 2.06. The predicted octanol–water partition coefficient (Wildman–Crippen LogP) is -0.290. The fourth-order valence-corrected chi connectivity index (χ4v) is 0.641. The first-order valence-electron chi connectivity index (χ1n) is 4.38. The average molecular weight is 227 g/mol. The van der Waals surface area contributed by atoms with Crippen molar-refractivity contribution in [2.75, 3.05) is 6.61 Å². The maximum atomic E-state index is 11.1. The van der Waals surface area contributed by atoms with E-state index in [9.17, 15) is 9.59 Å². The summed E-state index contributed by atoms with van der Waals surface area (Å²) in [5.74, 6) is -1.68. The molecule has 0 radical (unpaired) electrons. The van der Waals surface area contributed by atoms with Crippen LogP contribution in [0, 0.1) is 11.3 Å². The minimum atomic E-state index is -1.02. The third-order valence-corrected chi connectivity index (χ3v) is 1.10. The van der Waals surface area contributed by atoms with Crippen molar-refractivity contribution in [3.8, 4) is 6.07 Å². The molecule has 0 rings (SSSR count). The van der Waals surface area contributed by atoms with Crippen molar-refractivity contribution in [1.82, 2.24) is 0 Å². The van der Waals surface area contributed by atoms with Gasteiger partial charge in [0.2, 0.25) is 12.3 Å². The number of rotatable bonds is 4. The normalized spacial score (nSPS) is 11.5. The van der Waals surface area contributed by atoms with Crippen molar-refractivity contribution in [2.45, 2.75) is 26.4 Å². The molecular formula is C9H13N3O4. The average Bonchev–Trinajstić information content (AvgIpc) is 2.08. The summed E-state index contributed by atoms with van der Waals surface area (Å²) >= 11 is 0. The summed E-state index contributed by atoms with van der Waals surface area (Å²) in [6.07, 6.45) is 0. The van der Waals surface area contributed by atoms with E-state index >= 15 is 0 Å². The number of hydrogen-bond acceptors (Lipinski definition) is 6. The molecule has 0 aromatic rings. The van der Waals surface area contributed by atoms with Crippen LogP contribution in [0.3, 0.4) is 0 Å². The molecule has 0 fully saturated rings. The minimum Gasteiger partial charge on any atom is -0.457 e. The summed E-state index contributed by atoms with van der Waals surface area (Å²) in [7, 11) is 0. The van der Waals surface area contributed by atoms with Crippen LogP contribution < -0.4 is 5.73 Å². The molecule has 0 aromatic carbocycles. The second-order valence-corrected chi connectivity index (χ2v) is 3.78. The molecule has 0 bridgehead atoms. The van der Waals surface area contributed by atoms with E-state index in [1.807, 2.05) is 0 Å². The number of nitrogens with zero attached hydrogens (tertiary/aromatic N) is 2. The van der Waals surface area contributed by atoms with Gasteiger partial charge in [-0.25, -0.2) is 4.79 Å². The number of carbonyl (C=O) groups is 2. The van der Waals surface area contributed by atoms with Crippen LogP contribution in [0.5, 0.6) is 0 Å². The second kappa shape index (κ2) is 5.70. The summed E-state index contributed by atoms with van der Waals surface area (Å²) in [6, 6.07) is 1.42. The third-order valence-electron chi connectivity index (χ3n) is 1.10. The molecule has 0 spiro atoms. The van der Waals surface area contributed by atoms with Crippen LogP contribution in [0.2, 0.25) is 0 Å². The number of hydrogen-bond donors (Lipinski definition) is 1. The van der Waals surface area contributed by atoms with E-state index in [4.69, 9.17) is 15.7 Å². The monoisotopic (exact) mass is 227 g/mol. The van der Waals surface area contributed by atoms with Crippen LogP contribution in [0.4, 0.5) is 0 Å². The first-order chi connectivity index (χ1) is 7.26.